The minimum absolute atomic E-state index is 0.0257. The van der Waals surface area contributed by atoms with E-state index in [0.717, 1.165) is 58.0 Å². The van der Waals surface area contributed by atoms with Gasteiger partial charge in [-0.15, -0.1) is 0 Å². The summed E-state index contributed by atoms with van der Waals surface area (Å²) in [7, 11) is 0. The second kappa shape index (κ2) is 7.34. The number of esters is 1. The first-order valence-electron chi connectivity index (χ1n) is 8.59. The maximum atomic E-state index is 12.1. The van der Waals surface area contributed by atoms with Crippen molar-refractivity contribution in [3.8, 4) is 0 Å². The van der Waals surface area contributed by atoms with Crippen LogP contribution in [0.3, 0.4) is 0 Å². The SMILES string of the molecule is CCC(C)(C)C(=O)OC1CCC(OC(=O)N2CCCC2)CC1. The first kappa shape index (κ1) is 17.1. The summed E-state index contributed by atoms with van der Waals surface area (Å²) in [5, 5.41) is 0. The molecule has 1 amide bonds. The van der Waals surface area contributed by atoms with Crippen LogP contribution in [0.25, 0.3) is 0 Å². The lowest BCUT2D eigenvalue weighted by Gasteiger charge is -2.31. The summed E-state index contributed by atoms with van der Waals surface area (Å²) in [5.41, 5.74) is -0.418. The highest BCUT2D eigenvalue weighted by molar-refractivity contribution is 5.76. The van der Waals surface area contributed by atoms with Crippen LogP contribution < -0.4 is 0 Å². The molecule has 0 unspecified atom stereocenters. The van der Waals surface area contributed by atoms with Crippen LogP contribution in [0.15, 0.2) is 0 Å². The predicted molar refractivity (Wildman–Crippen MR) is 83.5 cm³/mol. The number of hydrogen-bond acceptors (Lipinski definition) is 4. The van der Waals surface area contributed by atoms with Gasteiger partial charge in [0, 0.05) is 13.1 Å². The molecule has 1 heterocycles. The molecule has 0 aromatic heterocycles. The van der Waals surface area contributed by atoms with Gasteiger partial charge in [0.2, 0.25) is 0 Å². The van der Waals surface area contributed by atoms with Crippen molar-refractivity contribution < 1.29 is 19.1 Å². The fourth-order valence-electron chi connectivity index (χ4n) is 2.84. The Hall–Kier alpha value is -1.26. The van der Waals surface area contributed by atoms with Gasteiger partial charge < -0.3 is 14.4 Å². The van der Waals surface area contributed by atoms with Crippen molar-refractivity contribution in [1.29, 1.82) is 0 Å². The van der Waals surface area contributed by atoms with E-state index in [1.165, 1.54) is 0 Å². The quantitative estimate of drug-likeness (QED) is 0.746. The number of rotatable bonds is 4. The van der Waals surface area contributed by atoms with Crippen LogP contribution in [0.1, 0.15) is 65.7 Å². The Labute approximate surface area is 133 Å². The Morgan fingerprint density at radius 2 is 1.50 bits per heavy atom. The minimum Gasteiger partial charge on any atom is -0.462 e. The molecule has 5 heteroatoms. The van der Waals surface area contributed by atoms with Gasteiger partial charge in [0.05, 0.1) is 5.41 Å². The van der Waals surface area contributed by atoms with E-state index in [-0.39, 0.29) is 24.3 Å². The zero-order valence-corrected chi connectivity index (χ0v) is 14.1. The number of ether oxygens (including phenoxy) is 2. The summed E-state index contributed by atoms with van der Waals surface area (Å²) in [5.74, 6) is -0.118. The summed E-state index contributed by atoms with van der Waals surface area (Å²) < 4.78 is 11.2. The maximum Gasteiger partial charge on any atom is 0.410 e. The first-order chi connectivity index (χ1) is 10.4. The molecule has 1 saturated heterocycles. The van der Waals surface area contributed by atoms with Gasteiger partial charge in [0.1, 0.15) is 12.2 Å². The molecule has 0 atom stereocenters. The molecule has 0 radical (unpaired) electrons. The number of carbonyl (C=O) groups excluding carboxylic acids is 2. The largest absolute Gasteiger partial charge is 0.462 e. The van der Waals surface area contributed by atoms with Crippen molar-refractivity contribution >= 4 is 12.1 Å². The average molecular weight is 311 g/mol. The maximum absolute atomic E-state index is 12.1. The molecule has 1 aliphatic carbocycles. The summed E-state index contributed by atoms with van der Waals surface area (Å²) in [4.78, 5) is 25.8. The summed E-state index contributed by atoms with van der Waals surface area (Å²) in [6, 6.07) is 0. The van der Waals surface area contributed by atoms with E-state index in [9.17, 15) is 9.59 Å². The standard InChI is InChI=1S/C17H29NO4/c1-4-17(2,3)15(19)21-13-7-9-14(10-8-13)22-16(20)18-11-5-6-12-18/h13-14H,4-12H2,1-3H3. The minimum atomic E-state index is -0.418. The molecule has 126 valence electrons. The second-order valence-electron chi connectivity index (χ2n) is 7.12. The second-order valence-corrected chi connectivity index (χ2v) is 7.12. The zero-order chi connectivity index (χ0) is 16.2. The van der Waals surface area contributed by atoms with E-state index in [0.29, 0.717) is 0 Å². The Morgan fingerprint density at radius 1 is 1.00 bits per heavy atom. The zero-order valence-electron chi connectivity index (χ0n) is 14.1. The number of amides is 1. The van der Waals surface area contributed by atoms with Gasteiger partial charge >= 0.3 is 12.1 Å². The molecule has 0 aromatic carbocycles. The highest BCUT2D eigenvalue weighted by Crippen LogP contribution is 2.28. The van der Waals surface area contributed by atoms with Crippen molar-refractivity contribution in [1.82, 2.24) is 4.90 Å². The van der Waals surface area contributed by atoms with Crippen molar-refractivity contribution in [3.05, 3.63) is 0 Å². The van der Waals surface area contributed by atoms with Crippen molar-refractivity contribution in [3.63, 3.8) is 0 Å². The third-order valence-corrected chi connectivity index (χ3v) is 4.96. The molecule has 2 aliphatic rings. The van der Waals surface area contributed by atoms with Crippen LogP contribution in [-0.4, -0.2) is 42.3 Å². The predicted octanol–water partition coefficient (Wildman–Crippen LogP) is 3.51. The molecule has 1 saturated carbocycles. The summed E-state index contributed by atoms with van der Waals surface area (Å²) >= 11 is 0. The molecule has 5 nitrogen and oxygen atoms in total. The van der Waals surface area contributed by atoms with Gasteiger partial charge in [-0.1, -0.05) is 6.92 Å². The van der Waals surface area contributed by atoms with Crippen molar-refractivity contribution in [2.24, 2.45) is 5.41 Å². The van der Waals surface area contributed by atoms with E-state index < -0.39 is 5.41 Å². The Balaban J connectivity index is 1.71. The van der Waals surface area contributed by atoms with Crippen LogP contribution in [0.2, 0.25) is 0 Å². The highest BCUT2D eigenvalue weighted by atomic mass is 16.6. The molecule has 2 rings (SSSR count). The van der Waals surface area contributed by atoms with E-state index in [1.807, 2.05) is 20.8 Å². The summed E-state index contributed by atoms with van der Waals surface area (Å²) in [6.07, 6.45) is 5.82. The fourth-order valence-corrected chi connectivity index (χ4v) is 2.84. The number of hydrogen-bond donors (Lipinski definition) is 0. The van der Waals surface area contributed by atoms with Crippen LogP contribution in [-0.2, 0) is 14.3 Å². The Kier molecular flexibility index (Phi) is 5.70. The van der Waals surface area contributed by atoms with Gasteiger partial charge in [0.15, 0.2) is 0 Å². The van der Waals surface area contributed by atoms with E-state index in [1.54, 1.807) is 4.90 Å². The summed E-state index contributed by atoms with van der Waals surface area (Å²) in [6.45, 7) is 7.46. The normalized spacial score (nSPS) is 25.9. The van der Waals surface area contributed by atoms with Gasteiger partial charge in [-0.2, -0.15) is 0 Å². The fraction of sp³-hybridized carbons (Fsp3) is 0.882. The van der Waals surface area contributed by atoms with Crippen molar-refractivity contribution in [2.75, 3.05) is 13.1 Å². The van der Waals surface area contributed by atoms with Crippen LogP contribution in [0, 0.1) is 5.41 Å². The topological polar surface area (TPSA) is 55.8 Å². The lowest BCUT2D eigenvalue weighted by molar-refractivity contribution is -0.162. The number of nitrogens with zero attached hydrogens (tertiary/aromatic N) is 1. The lowest BCUT2D eigenvalue weighted by atomic mass is 9.90. The molecule has 2 fully saturated rings. The number of likely N-dealkylation sites (tertiary alicyclic amines) is 1. The van der Waals surface area contributed by atoms with Crippen LogP contribution >= 0.6 is 0 Å². The third-order valence-electron chi connectivity index (χ3n) is 4.96. The van der Waals surface area contributed by atoms with Crippen LogP contribution in [0.4, 0.5) is 4.79 Å². The average Bonchev–Trinajstić information content (AvgIpc) is 3.03. The van der Waals surface area contributed by atoms with Gasteiger partial charge in [-0.25, -0.2) is 4.79 Å². The molecule has 0 bridgehead atoms. The van der Waals surface area contributed by atoms with E-state index in [2.05, 4.69) is 0 Å². The molecule has 0 aromatic rings. The lowest BCUT2D eigenvalue weighted by Crippen LogP contribution is -2.36. The molecule has 0 spiro atoms. The Bertz CT molecular complexity index is 393. The molecular weight excluding hydrogens is 282 g/mol. The highest BCUT2D eigenvalue weighted by Gasteiger charge is 2.32. The number of carbonyl (C=O) groups is 2. The first-order valence-corrected chi connectivity index (χ1v) is 8.59. The van der Waals surface area contributed by atoms with E-state index in [4.69, 9.17) is 9.47 Å². The van der Waals surface area contributed by atoms with Crippen molar-refractivity contribution in [2.45, 2.75) is 77.9 Å². The third kappa shape index (κ3) is 4.37. The molecule has 0 N–H and O–H groups in total. The van der Waals surface area contributed by atoms with E-state index >= 15 is 0 Å². The van der Waals surface area contributed by atoms with Crippen LogP contribution in [0.5, 0.6) is 0 Å². The smallest absolute Gasteiger partial charge is 0.410 e. The molecule has 1 aliphatic heterocycles. The molecular formula is C17H29NO4. The molecule has 22 heavy (non-hydrogen) atoms. The Morgan fingerprint density at radius 3 is 2.00 bits per heavy atom. The van der Waals surface area contributed by atoms with Gasteiger partial charge in [0.25, 0.3) is 0 Å². The monoisotopic (exact) mass is 311 g/mol. The van der Waals surface area contributed by atoms with Gasteiger partial charge in [-0.05, 0) is 58.8 Å². The van der Waals surface area contributed by atoms with Gasteiger partial charge in [-0.3, -0.25) is 4.79 Å².